The highest BCUT2D eigenvalue weighted by atomic mass is 16.5. The van der Waals surface area contributed by atoms with E-state index in [2.05, 4.69) is 4.99 Å². The topological polar surface area (TPSA) is 83.1 Å². The fourth-order valence-corrected chi connectivity index (χ4v) is 2.09. The smallest absolute Gasteiger partial charge is 0.255 e. The van der Waals surface area contributed by atoms with Crippen LogP contribution in [-0.4, -0.2) is 31.9 Å². The average Bonchev–Trinajstić information content (AvgIpc) is 2.61. The van der Waals surface area contributed by atoms with E-state index in [4.69, 9.17) is 19.9 Å². The van der Waals surface area contributed by atoms with Gasteiger partial charge in [-0.1, -0.05) is 0 Å². The van der Waals surface area contributed by atoms with Gasteiger partial charge in [-0.25, -0.2) is 0 Å². The van der Waals surface area contributed by atoms with Gasteiger partial charge in [-0.2, -0.15) is 0 Å². The summed E-state index contributed by atoms with van der Waals surface area (Å²) in [7, 11) is 0. The number of rotatable bonds is 9. The van der Waals surface area contributed by atoms with Crippen molar-refractivity contribution in [2.24, 2.45) is 10.7 Å². The Bertz CT molecular complexity index is 727. The van der Waals surface area contributed by atoms with Gasteiger partial charge in [0.15, 0.2) is 18.1 Å². The van der Waals surface area contributed by atoms with Crippen molar-refractivity contribution in [3.63, 3.8) is 0 Å². The zero-order valence-corrected chi connectivity index (χ0v) is 14.4. The van der Waals surface area contributed by atoms with Gasteiger partial charge in [0.05, 0.1) is 18.9 Å². The molecule has 0 heterocycles. The van der Waals surface area contributed by atoms with Gasteiger partial charge >= 0.3 is 0 Å². The van der Waals surface area contributed by atoms with Crippen LogP contribution < -0.4 is 19.9 Å². The number of hydrogen-bond donors (Lipinski definition) is 1. The quantitative estimate of drug-likeness (QED) is 0.710. The third-order valence-corrected chi connectivity index (χ3v) is 3.15. The van der Waals surface area contributed by atoms with Crippen molar-refractivity contribution >= 4 is 17.8 Å². The molecule has 2 rings (SSSR count). The predicted octanol–water partition coefficient (Wildman–Crippen LogP) is 3.10. The number of carbonyl (C=O) groups excluding carboxylic acids is 1. The molecule has 0 aliphatic carbocycles. The van der Waals surface area contributed by atoms with E-state index in [1.165, 1.54) is 0 Å². The molecule has 6 nitrogen and oxygen atoms in total. The first-order chi connectivity index (χ1) is 12.1. The summed E-state index contributed by atoms with van der Waals surface area (Å²) in [5, 5.41) is 0. The predicted molar refractivity (Wildman–Crippen MR) is 97.2 cm³/mol. The number of primary amides is 1. The Hall–Kier alpha value is -3.02. The number of aliphatic imine (C=N–C) groups is 1. The summed E-state index contributed by atoms with van der Waals surface area (Å²) in [4.78, 5) is 15.3. The van der Waals surface area contributed by atoms with E-state index in [-0.39, 0.29) is 6.61 Å². The molecule has 0 aliphatic rings. The summed E-state index contributed by atoms with van der Waals surface area (Å²) in [5.41, 5.74) is 6.77. The van der Waals surface area contributed by atoms with Crippen LogP contribution in [-0.2, 0) is 4.79 Å². The Kier molecular flexibility index (Phi) is 6.83. The summed E-state index contributed by atoms with van der Waals surface area (Å²) >= 11 is 0. The van der Waals surface area contributed by atoms with Crippen LogP contribution in [0.4, 0.5) is 5.69 Å². The van der Waals surface area contributed by atoms with E-state index >= 15 is 0 Å². The first-order valence-electron chi connectivity index (χ1n) is 8.07. The molecule has 0 aromatic heterocycles. The first kappa shape index (κ1) is 18.3. The molecule has 1 amide bonds. The summed E-state index contributed by atoms with van der Waals surface area (Å²) in [6, 6.07) is 12.9. The van der Waals surface area contributed by atoms with Crippen molar-refractivity contribution in [1.29, 1.82) is 0 Å². The minimum Gasteiger partial charge on any atom is -0.494 e. The lowest BCUT2D eigenvalue weighted by molar-refractivity contribution is -0.119. The van der Waals surface area contributed by atoms with Crippen molar-refractivity contribution < 1.29 is 19.0 Å². The molecular weight excluding hydrogens is 320 g/mol. The fraction of sp³-hybridized carbons (Fsp3) is 0.263. The van der Waals surface area contributed by atoms with Crippen molar-refractivity contribution in [3.05, 3.63) is 48.0 Å². The lowest BCUT2D eigenvalue weighted by Gasteiger charge is -2.11. The van der Waals surface area contributed by atoms with Crippen LogP contribution in [0.25, 0.3) is 0 Å². The van der Waals surface area contributed by atoms with Crippen LogP contribution in [0.3, 0.4) is 0 Å². The molecule has 0 unspecified atom stereocenters. The summed E-state index contributed by atoms with van der Waals surface area (Å²) in [5.74, 6) is 1.29. The summed E-state index contributed by atoms with van der Waals surface area (Å²) < 4.78 is 16.3. The molecule has 0 atom stereocenters. The largest absolute Gasteiger partial charge is 0.494 e. The highest BCUT2D eigenvalue weighted by molar-refractivity contribution is 5.83. The lowest BCUT2D eigenvalue weighted by atomic mass is 10.2. The van der Waals surface area contributed by atoms with Crippen molar-refractivity contribution in [1.82, 2.24) is 0 Å². The van der Waals surface area contributed by atoms with Gasteiger partial charge in [-0.15, -0.1) is 0 Å². The first-order valence-corrected chi connectivity index (χ1v) is 8.07. The van der Waals surface area contributed by atoms with Crippen LogP contribution in [0.5, 0.6) is 17.2 Å². The second kappa shape index (κ2) is 9.32. The zero-order chi connectivity index (χ0) is 18.1. The Morgan fingerprint density at radius 1 is 1.00 bits per heavy atom. The molecule has 0 bridgehead atoms. The number of carbonyl (C=O) groups is 1. The third-order valence-electron chi connectivity index (χ3n) is 3.15. The number of benzene rings is 2. The molecule has 2 aromatic carbocycles. The van der Waals surface area contributed by atoms with Crippen LogP contribution in [0.15, 0.2) is 47.5 Å². The fourth-order valence-electron chi connectivity index (χ4n) is 2.09. The molecule has 2 N–H and O–H groups in total. The van der Waals surface area contributed by atoms with E-state index in [9.17, 15) is 4.79 Å². The van der Waals surface area contributed by atoms with Gasteiger partial charge < -0.3 is 19.9 Å². The van der Waals surface area contributed by atoms with Crippen molar-refractivity contribution in [3.8, 4) is 17.2 Å². The standard InChI is InChI=1S/C19H22N2O4/c1-3-23-16-8-6-15(7-9-16)21-12-14-5-10-17(25-13-19(20)22)18(11-14)24-4-2/h5-12H,3-4,13H2,1-2H3,(H2,20,22). The molecule has 0 fully saturated rings. The number of nitrogens with two attached hydrogens (primary N) is 1. The normalized spacial score (nSPS) is 10.6. The molecule has 0 aliphatic heterocycles. The van der Waals surface area contributed by atoms with Gasteiger partial charge in [0, 0.05) is 6.21 Å². The summed E-state index contributed by atoms with van der Waals surface area (Å²) in [6.45, 7) is 4.73. The molecule has 0 saturated carbocycles. The minimum absolute atomic E-state index is 0.195. The van der Waals surface area contributed by atoms with Crippen LogP contribution in [0.1, 0.15) is 19.4 Å². The third kappa shape index (κ3) is 5.84. The van der Waals surface area contributed by atoms with Gasteiger partial charge in [0.2, 0.25) is 0 Å². The lowest BCUT2D eigenvalue weighted by Crippen LogP contribution is -2.20. The number of ether oxygens (including phenoxy) is 3. The molecule has 132 valence electrons. The molecule has 0 saturated heterocycles. The average molecular weight is 342 g/mol. The van der Waals surface area contributed by atoms with Crippen LogP contribution in [0, 0.1) is 0 Å². The summed E-state index contributed by atoms with van der Waals surface area (Å²) in [6.07, 6.45) is 1.73. The SMILES string of the molecule is CCOc1ccc(N=Cc2ccc(OCC(N)=O)c(OCC)c2)cc1. The second-order valence-electron chi connectivity index (χ2n) is 5.08. The van der Waals surface area contributed by atoms with Gasteiger partial charge in [-0.05, 0) is 61.9 Å². The minimum atomic E-state index is -0.538. The monoisotopic (exact) mass is 342 g/mol. The van der Waals surface area contributed by atoms with Gasteiger partial charge in [-0.3, -0.25) is 9.79 Å². The number of amides is 1. The zero-order valence-electron chi connectivity index (χ0n) is 14.4. The number of nitrogens with zero attached hydrogens (tertiary/aromatic N) is 1. The van der Waals surface area contributed by atoms with E-state index in [1.54, 1.807) is 18.3 Å². The van der Waals surface area contributed by atoms with Crippen LogP contribution >= 0.6 is 0 Å². The van der Waals surface area contributed by atoms with Gasteiger partial charge in [0.25, 0.3) is 5.91 Å². The van der Waals surface area contributed by atoms with E-state index in [0.29, 0.717) is 24.7 Å². The highest BCUT2D eigenvalue weighted by Crippen LogP contribution is 2.28. The van der Waals surface area contributed by atoms with Gasteiger partial charge in [0.1, 0.15) is 5.75 Å². The molecule has 0 spiro atoms. The molecule has 2 aromatic rings. The second-order valence-corrected chi connectivity index (χ2v) is 5.08. The molecule has 0 radical (unpaired) electrons. The van der Waals surface area contributed by atoms with Crippen LogP contribution in [0.2, 0.25) is 0 Å². The Morgan fingerprint density at radius 2 is 1.72 bits per heavy atom. The maximum absolute atomic E-state index is 10.9. The van der Waals surface area contributed by atoms with Crippen molar-refractivity contribution in [2.75, 3.05) is 19.8 Å². The molecular formula is C19H22N2O4. The Morgan fingerprint density at radius 3 is 2.36 bits per heavy atom. The van der Waals surface area contributed by atoms with E-state index in [1.807, 2.05) is 44.2 Å². The van der Waals surface area contributed by atoms with E-state index in [0.717, 1.165) is 17.0 Å². The Labute approximate surface area is 147 Å². The molecule has 6 heteroatoms. The highest BCUT2D eigenvalue weighted by Gasteiger charge is 2.07. The molecule has 25 heavy (non-hydrogen) atoms. The maximum atomic E-state index is 10.9. The van der Waals surface area contributed by atoms with Crippen molar-refractivity contribution in [2.45, 2.75) is 13.8 Å². The van der Waals surface area contributed by atoms with E-state index < -0.39 is 5.91 Å². The number of hydrogen-bond acceptors (Lipinski definition) is 5. The maximum Gasteiger partial charge on any atom is 0.255 e. The Balaban J connectivity index is 2.12.